The highest BCUT2D eigenvalue weighted by atomic mass is 127. The van der Waals surface area contributed by atoms with E-state index in [1.807, 2.05) is 36.4 Å². The van der Waals surface area contributed by atoms with E-state index >= 15 is 0 Å². The quantitative estimate of drug-likeness (QED) is 0.441. The van der Waals surface area contributed by atoms with Crippen molar-refractivity contribution in [3.8, 4) is 0 Å². The molecule has 0 fully saturated rings. The third kappa shape index (κ3) is 4.72. The van der Waals surface area contributed by atoms with Crippen LogP contribution in [0.4, 0.5) is 0 Å². The number of halogens is 1. The first kappa shape index (κ1) is 15.7. The second-order valence-corrected chi connectivity index (χ2v) is 6.26. The van der Waals surface area contributed by atoms with E-state index < -0.39 is 5.92 Å². The Morgan fingerprint density at radius 1 is 1.25 bits per heavy atom. The molecule has 3 nitrogen and oxygen atoms in total. The molecule has 0 saturated heterocycles. The van der Waals surface area contributed by atoms with Gasteiger partial charge in [0.2, 0.25) is 0 Å². The smallest absolute Gasteiger partial charge is 0.189 e. The number of hydrogen-bond donors (Lipinski definition) is 1. The van der Waals surface area contributed by atoms with Gasteiger partial charge in [0.05, 0.1) is 15.6 Å². The van der Waals surface area contributed by atoms with Gasteiger partial charge >= 0.3 is 0 Å². The molecule has 16 heavy (non-hydrogen) atoms. The van der Waals surface area contributed by atoms with E-state index in [1.165, 1.54) is 0 Å². The molecule has 0 bridgehead atoms. The molecule has 0 spiro atoms. The van der Waals surface area contributed by atoms with Gasteiger partial charge in [0.25, 0.3) is 0 Å². The SMILES string of the molecule is CCC(=O)[C@H](CC(C)C)C(=N)C(=O)C(C)I. The van der Waals surface area contributed by atoms with Gasteiger partial charge in [-0.05, 0) is 19.3 Å². The van der Waals surface area contributed by atoms with E-state index in [1.54, 1.807) is 13.8 Å². The largest absolute Gasteiger partial charge is 0.301 e. The maximum absolute atomic E-state index is 11.7. The summed E-state index contributed by atoms with van der Waals surface area (Å²) in [6, 6.07) is 0. The molecule has 1 unspecified atom stereocenters. The lowest BCUT2D eigenvalue weighted by molar-refractivity contribution is -0.122. The average Bonchev–Trinajstić information content (AvgIpc) is 2.22. The van der Waals surface area contributed by atoms with Crippen molar-refractivity contribution >= 4 is 39.9 Å². The molecule has 0 rings (SSSR count). The molecule has 0 aromatic rings. The van der Waals surface area contributed by atoms with E-state index in [0.717, 1.165) is 0 Å². The van der Waals surface area contributed by atoms with Crippen LogP contribution in [0.2, 0.25) is 0 Å². The number of nitrogens with one attached hydrogen (secondary N) is 1. The van der Waals surface area contributed by atoms with Crippen LogP contribution in [-0.4, -0.2) is 21.2 Å². The molecule has 0 saturated carbocycles. The van der Waals surface area contributed by atoms with E-state index in [4.69, 9.17) is 5.41 Å². The number of rotatable bonds is 7. The lowest BCUT2D eigenvalue weighted by atomic mass is 9.86. The van der Waals surface area contributed by atoms with Crippen molar-refractivity contribution < 1.29 is 9.59 Å². The highest BCUT2D eigenvalue weighted by Gasteiger charge is 2.29. The summed E-state index contributed by atoms with van der Waals surface area (Å²) >= 11 is 1.98. The van der Waals surface area contributed by atoms with Gasteiger partial charge in [-0.15, -0.1) is 0 Å². The van der Waals surface area contributed by atoms with Crippen LogP contribution in [0.1, 0.15) is 40.5 Å². The third-order valence-electron chi connectivity index (χ3n) is 2.42. The summed E-state index contributed by atoms with van der Waals surface area (Å²) in [4.78, 5) is 23.4. The second-order valence-electron chi connectivity index (χ2n) is 4.40. The van der Waals surface area contributed by atoms with E-state index in [0.29, 0.717) is 18.8 Å². The van der Waals surface area contributed by atoms with Crippen LogP contribution >= 0.6 is 22.6 Å². The van der Waals surface area contributed by atoms with Gasteiger partial charge in [0.1, 0.15) is 5.78 Å². The highest BCUT2D eigenvalue weighted by Crippen LogP contribution is 2.18. The maximum Gasteiger partial charge on any atom is 0.189 e. The summed E-state index contributed by atoms with van der Waals surface area (Å²) in [5, 5.41) is 7.83. The van der Waals surface area contributed by atoms with E-state index in [-0.39, 0.29) is 21.2 Å². The summed E-state index contributed by atoms with van der Waals surface area (Å²) in [5.74, 6) is -0.398. The molecule has 0 heterocycles. The number of hydrogen-bond acceptors (Lipinski definition) is 3. The molecule has 0 amide bonds. The first-order valence-corrected chi connectivity index (χ1v) is 6.85. The molecule has 4 heteroatoms. The summed E-state index contributed by atoms with van der Waals surface area (Å²) in [7, 11) is 0. The molecule has 0 aromatic carbocycles. The van der Waals surface area contributed by atoms with Gasteiger partial charge in [-0.3, -0.25) is 9.59 Å². The minimum Gasteiger partial charge on any atom is -0.301 e. The molecule has 0 aromatic heterocycles. The Balaban J connectivity index is 4.83. The van der Waals surface area contributed by atoms with Crippen molar-refractivity contribution in [1.82, 2.24) is 0 Å². The van der Waals surface area contributed by atoms with Gasteiger partial charge in [0.15, 0.2) is 5.78 Å². The van der Waals surface area contributed by atoms with Crippen molar-refractivity contribution in [1.29, 1.82) is 5.41 Å². The number of ketones is 2. The Bertz CT molecular complexity index is 285. The Hall–Kier alpha value is -0.260. The van der Waals surface area contributed by atoms with E-state index in [9.17, 15) is 9.59 Å². The Morgan fingerprint density at radius 3 is 2.06 bits per heavy atom. The standard InChI is InChI=1S/C12H20INO2/c1-5-10(15)9(6-7(2)3)11(14)12(16)8(4)13/h7-9,14H,5-6H2,1-4H3/t8?,9-/m0/s1. The zero-order valence-corrected chi connectivity index (χ0v) is 12.5. The molecule has 0 aliphatic rings. The van der Waals surface area contributed by atoms with Gasteiger partial charge < -0.3 is 5.41 Å². The molecule has 0 radical (unpaired) electrons. The number of carbonyl (C=O) groups is 2. The molecular formula is C12H20INO2. The van der Waals surface area contributed by atoms with Gasteiger partial charge in [-0.1, -0.05) is 43.4 Å². The van der Waals surface area contributed by atoms with Crippen LogP contribution in [0.5, 0.6) is 0 Å². The Kier molecular flexibility index (Phi) is 7.03. The number of carbonyl (C=O) groups excluding carboxylic acids is 2. The van der Waals surface area contributed by atoms with Crippen molar-refractivity contribution in [3.63, 3.8) is 0 Å². The van der Waals surface area contributed by atoms with Crippen LogP contribution in [0.3, 0.4) is 0 Å². The van der Waals surface area contributed by atoms with Crippen LogP contribution < -0.4 is 0 Å². The molecule has 0 aliphatic heterocycles. The Morgan fingerprint density at radius 2 is 1.75 bits per heavy atom. The van der Waals surface area contributed by atoms with Gasteiger partial charge in [-0.2, -0.15) is 0 Å². The first-order chi connectivity index (χ1) is 7.31. The van der Waals surface area contributed by atoms with Crippen LogP contribution in [-0.2, 0) is 9.59 Å². The first-order valence-electron chi connectivity index (χ1n) is 5.60. The minimum atomic E-state index is -0.505. The highest BCUT2D eigenvalue weighted by molar-refractivity contribution is 14.1. The fourth-order valence-corrected chi connectivity index (χ4v) is 1.85. The predicted molar refractivity (Wildman–Crippen MR) is 74.5 cm³/mol. The monoisotopic (exact) mass is 337 g/mol. The normalized spacial score (nSPS) is 14.6. The maximum atomic E-state index is 11.7. The number of alkyl halides is 1. The third-order valence-corrected chi connectivity index (χ3v) is 2.99. The summed E-state index contributed by atoms with van der Waals surface area (Å²) < 4.78 is -0.232. The summed E-state index contributed by atoms with van der Waals surface area (Å²) in [6.07, 6.45) is 0.989. The van der Waals surface area contributed by atoms with Crippen molar-refractivity contribution in [3.05, 3.63) is 0 Å². The molecule has 2 atom stereocenters. The lowest BCUT2D eigenvalue weighted by Gasteiger charge is -2.18. The molecule has 1 N–H and O–H groups in total. The molecule has 92 valence electrons. The molecule has 0 aliphatic carbocycles. The lowest BCUT2D eigenvalue weighted by Crippen LogP contribution is -2.33. The zero-order chi connectivity index (χ0) is 12.9. The fraction of sp³-hybridized carbons (Fsp3) is 0.750. The predicted octanol–water partition coefficient (Wildman–Crippen LogP) is 3.04. The van der Waals surface area contributed by atoms with Crippen LogP contribution in [0.15, 0.2) is 0 Å². The number of Topliss-reactive ketones (excluding diaryl/α,β-unsaturated/α-hetero) is 2. The molecular weight excluding hydrogens is 317 g/mol. The minimum absolute atomic E-state index is 0.00380. The fourth-order valence-electron chi connectivity index (χ4n) is 1.51. The van der Waals surface area contributed by atoms with Crippen molar-refractivity contribution in [2.75, 3.05) is 0 Å². The summed E-state index contributed by atoms with van der Waals surface area (Å²) in [6.45, 7) is 7.53. The topological polar surface area (TPSA) is 58.0 Å². The van der Waals surface area contributed by atoms with Crippen LogP contribution in [0.25, 0.3) is 0 Å². The van der Waals surface area contributed by atoms with E-state index in [2.05, 4.69) is 0 Å². The van der Waals surface area contributed by atoms with Crippen molar-refractivity contribution in [2.45, 2.75) is 44.5 Å². The Labute approximate surface area is 111 Å². The zero-order valence-electron chi connectivity index (χ0n) is 10.3. The van der Waals surface area contributed by atoms with Gasteiger partial charge in [0, 0.05) is 6.42 Å². The summed E-state index contributed by atoms with van der Waals surface area (Å²) in [5.41, 5.74) is -0.0116. The van der Waals surface area contributed by atoms with Crippen LogP contribution in [0, 0.1) is 17.2 Å². The average molecular weight is 337 g/mol. The second kappa shape index (κ2) is 7.14. The van der Waals surface area contributed by atoms with Gasteiger partial charge in [-0.25, -0.2) is 0 Å². The van der Waals surface area contributed by atoms with Crippen molar-refractivity contribution in [2.24, 2.45) is 11.8 Å².